The fourth-order valence-electron chi connectivity index (χ4n) is 12.5. The van der Waals surface area contributed by atoms with E-state index in [4.69, 9.17) is 4.42 Å². The number of rotatable bonds is 3. The molecule has 0 amide bonds. The molecule has 0 spiro atoms. The molecule has 0 radical (unpaired) electrons. The summed E-state index contributed by atoms with van der Waals surface area (Å²) >= 11 is 0. The quantitative estimate of drug-likeness (QED) is 0.165. The van der Waals surface area contributed by atoms with Crippen molar-refractivity contribution in [1.29, 1.82) is 0 Å². The molecule has 0 atom stereocenters. The van der Waals surface area contributed by atoms with Crippen LogP contribution in [0.1, 0.15) is 130 Å². The van der Waals surface area contributed by atoms with Gasteiger partial charge in [0.25, 0.3) is 6.71 Å². The van der Waals surface area contributed by atoms with Crippen molar-refractivity contribution in [3.63, 3.8) is 0 Å². The Morgan fingerprint density at radius 3 is 1.71 bits per heavy atom. The number of hydrogen-bond donors (Lipinski definition) is 0. The van der Waals surface area contributed by atoms with Crippen molar-refractivity contribution in [2.45, 2.75) is 129 Å². The van der Waals surface area contributed by atoms with Crippen LogP contribution in [0.3, 0.4) is 0 Å². The highest BCUT2D eigenvalue weighted by Crippen LogP contribution is 2.53. The molecule has 0 N–H and O–H groups in total. The summed E-state index contributed by atoms with van der Waals surface area (Å²) in [6.07, 6.45) is 4.74. The zero-order chi connectivity index (χ0) is 45.9. The molecule has 2 aliphatic carbocycles. The Kier molecular flexibility index (Phi) is 8.65. The van der Waals surface area contributed by atoms with E-state index in [-0.39, 0.29) is 33.8 Å². The van der Waals surface area contributed by atoms with E-state index < -0.39 is 0 Å². The van der Waals surface area contributed by atoms with Crippen LogP contribution in [0.25, 0.3) is 33.1 Å². The Hall–Kier alpha value is -6.00. The van der Waals surface area contributed by atoms with Gasteiger partial charge in [-0.2, -0.15) is 0 Å². The van der Waals surface area contributed by atoms with Crippen molar-refractivity contribution in [3.8, 4) is 11.1 Å². The van der Waals surface area contributed by atoms with Crippen LogP contribution in [0.15, 0.2) is 138 Å². The minimum absolute atomic E-state index is 0.0243. The molecule has 8 aromatic rings. The van der Waals surface area contributed by atoms with E-state index >= 15 is 0 Å². The molecular weight excluding hydrogens is 800 g/mol. The van der Waals surface area contributed by atoms with Crippen LogP contribution < -0.4 is 26.2 Å². The Bertz CT molecular complexity index is 3320. The average molecular weight is 863 g/mol. The lowest BCUT2D eigenvalue weighted by atomic mass is 9.33. The van der Waals surface area contributed by atoms with Gasteiger partial charge in [-0.25, -0.2) is 0 Å². The predicted molar refractivity (Wildman–Crippen MR) is 282 cm³/mol. The average Bonchev–Trinajstić information content (AvgIpc) is 3.68. The Morgan fingerprint density at radius 1 is 0.470 bits per heavy atom. The summed E-state index contributed by atoms with van der Waals surface area (Å²) in [4.78, 5) is 5.23. The van der Waals surface area contributed by atoms with Gasteiger partial charge in [-0.05, 0) is 169 Å². The first-order valence-corrected chi connectivity index (χ1v) is 24.5. The number of furan rings is 1. The molecule has 0 bridgehead atoms. The Labute approximate surface area is 392 Å². The normalized spacial score (nSPS) is 18.4. The fourth-order valence-corrected chi connectivity index (χ4v) is 12.5. The molecule has 7 aromatic carbocycles. The molecule has 4 aliphatic rings. The largest absolute Gasteiger partial charge is 0.456 e. The topological polar surface area (TPSA) is 19.6 Å². The lowest BCUT2D eigenvalue weighted by Crippen LogP contribution is -2.61. The lowest BCUT2D eigenvalue weighted by molar-refractivity contribution is 0.332. The molecule has 3 heterocycles. The summed E-state index contributed by atoms with van der Waals surface area (Å²) < 4.78 is 6.34. The van der Waals surface area contributed by atoms with Crippen molar-refractivity contribution in [2.24, 2.45) is 0 Å². The van der Waals surface area contributed by atoms with E-state index in [1.807, 2.05) is 0 Å². The third-order valence-electron chi connectivity index (χ3n) is 16.8. The number of nitrogens with zero attached hydrogens (tertiary/aromatic N) is 2. The molecule has 2 aliphatic heterocycles. The van der Waals surface area contributed by atoms with Gasteiger partial charge >= 0.3 is 0 Å². The van der Waals surface area contributed by atoms with E-state index in [0.717, 1.165) is 22.2 Å². The van der Waals surface area contributed by atoms with Gasteiger partial charge in [-0.1, -0.05) is 149 Å². The van der Waals surface area contributed by atoms with Crippen LogP contribution in [-0.2, 0) is 27.1 Å². The van der Waals surface area contributed by atoms with E-state index in [0.29, 0.717) is 0 Å². The van der Waals surface area contributed by atoms with Gasteiger partial charge < -0.3 is 14.2 Å². The van der Waals surface area contributed by atoms with E-state index in [1.165, 1.54) is 115 Å². The summed E-state index contributed by atoms with van der Waals surface area (Å²) in [7, 11) is 0. The van der Waals surface area contributed by atoms with Gasteiger partial charge in [-0.3, -0.25) is 0 Å². The maximum atomic E-state index is 6.34. The third kappa shape index (κ3) is 6.02. The standard InChI is InChI=1S/C62H63BN2O/c1-58(2,3)39-24-29-48-52(34-39)64(40-25-22-38(23-26-40)42-17-14-21-55-56(42)43-16-12-13-20-54(43)66-55)50-18-15-19-51-57(50)63(48)49-36-46-47(62(10,11)33-32-61(46,8)9)37-53(49)65(51)41-27-28-44-45(35-41)60(6,7)31-30-59(44,4)5/h12-29,34-37H,30-33H2,1-11H3. The molecule has 3 nitrogen and oxygen atoms in total. The highest BCUT2D eigenvalue weighted by atomic mass is 16.3. The Morgan fingerprint density at radius 2 is 1.03 bits per heavy atom. The first-order chi connectivity index (χ1) is 31.3. The van der Waals surface area contributed by atoms with Crippen molar-refractivity contribution in [2.75, 3.05) is 9.80 Å². The van der Waals surface area contributed by atoms with Crippen molar-refractivity contribution >= 4 is 79.2 Å². The van der Waals surface area contributed by atoms with Crippen LogP contribution in [-0.4, -0.2) is 6.71 Å². The minimum Gasteiger partial charge on any atom is -0.456 e. The predicted octanol–water partition coefficient (Wildman–Crippen LogP) is 15.3. The molecule has 4 heteroatoms. The fraction of sp³-hybridized carbons (Fsp3) is 0.323. The second-order valence-corrected chi connectivity index (χ2v) is 23.9. The first-order valence-electron chi connectivity index (χ1n) is 24.5. The van der Waals surface area contributed by atoms with Crippen molar-refractivity contribution in [3.05, 3.63) is 161 Å². The summed E-state index contributed by atoms with van der Waals surface area (Å²) in [5.41, 5.74) is 23.6. The second kappa shape index (κ2) is 13.8. The monoisotopic (exact) mass is 863 g/mol. The third-order valence-corrected chi connectivity index (χ3v) is 16.8. The number of benzene rings is 7. The maximum Gasteiger partial charge on any atom is 0.252 e. The van der Waals surface area contributed by atoms with Gasteiger partial charge in [0, 0.05) is 44.9 Å². The molecular formula is C62H63BN2O. The van der Waals surface area contributed by atoms with E-state index in [9.17, 15) is 0 Å². The SMILES string of the molecule is CC(C)(C)c1ccc2c(c1)N(c1ccc(-c3cccc4oc5ccccc5c34)cc1)c1cccc3c1B2c1cc2c(cc1N3c1ccc3c(c1)C(C)(C)CCC3(C)C)C(C)(C)CCC2(C)C. The van der Waals surface area contributed by atoms with Crippen LogP contribution in [0, 0.1) is 0 Å². The smallest absolute Gasteiger partial charge is 0.252 e. The number of hydrogen-bond acceptors (Lipinski definition) is 3. The van der Waals surface area contributed by atoms with Gasteiger partial charge in [-0.15, -0.1) is 0 Å². The van der Waals surface area contributed by atoms with Gasteiger partial charge in [0.05, 0.1) is 0 Å². The molecule has 1 aromatic heterocycles. The summed E-state index contributed by atoms with van der Waals surface area (Å²) in [5, 5.41) is 2.32. The van der Waals surface area contributed by atoms with E-state index in [1.54, 1.807) is 0 Å². The van der Waals surface area contributed by atoms with E-state index in [2.05, 4.69) is 219 Å². The van der Waals surface area contributed by atoms with Gasteiger partial charge in [0.15, 0.2) is 0 Å². The molecule has 66 heavy (non-hydrogen) atoms. The maximum absolute atomic E-state index is 6.34. The summed E-state index contributed by atoms with van der Waals surface area (Å²) in [5.74, 6) is 0. The minimum atomic E-state index is -0.0243. The zero-order valence-electron chi connectivity index (χ0n) is 40.9. The highest BCUT2D eigenvalue weighted by molar-refractivity contribution is 7.00. The van der Waals surface area contributed by atoms with Crippen LogP contribution >= 0.6 is 0 Å². The van der Waals surface area contributed by atoms with Crippen LogP contribution in [0.4, 0.5) is 34.1 Å². The molecule has 0 saturated heterocycles. The number of fused-ring (bicyclic) bond motifs is 9. The number of anilines is 6. The van der Waals surface area contributed by atoms with Crippen LogP contribution in [0.5, 0.6) is 0 Å². The van der Waals surface area contributed by atoms with Gasteiger partial charge in [0.2, 0.25) is 0 Å². The molecule has 12 rings (SSSR count). The Balaban J connectivity index is 1.11. The van der Waals surface area contributed by atoms with Crippen LogP contribution in [0.2, 0.25) is 0 Å². The zero-order valence-corrected chi connectivity index (χ0v) is 40.9. The summed E-state index contributed by atoms with van der Waals surface area (Å²) in [6, 6.07) is 51.4. The molecule has 0 fully saturated rings. The first kappa shape index (κ1) is 41.4. The molecule has 0 unspecified atom stereocenters. The number of para-hydroxylation sites is 1. The van der Waals surface area contributed by atoms with Crippen molar-refractivity contribution in [1.82, 2.24) is 0 Å². The van der Waals surface area contributed by atoms with Crippen molar-refractivity contribution < 1.29 is 4.42 Å². The second-order valence-electron chi connectivity index (χ2n) is 23.9. The van der Waals surface area contributed by atoms with Gasteiger partial charge in [0.1, 0.15) is 11.2 Å². The molecule has 330 valence electrons. The highest BCUT2D eigenvalue weighted by Gasteiger charge is 2.47. The lowest BCUT2D eigenvalue weighted by Gasteiger charge is -2.48. The summed E-state index contributed by atoms with van der Waals surface area (Å²) in [6.45, 7) is 26.8. The molecule has 0 saturated carbocycles.